The maximum Gasteiger partial charge on any atom is 0.391 e. The standard InChI is InChI=1S/C4H5NO4S/c1-2-3-9-10(7,8)5-4-6/h2H,1,3H2. The first-order chi connectivity index (χ1) is 4.62. The number of carbonyl (C=O) groups excluding carboxylic acids is 1. The van der Waals surface area contributed by atoms with Crippen LogP contribution in [0, 0.1) is 0 Å². The zero-order chi connectivity index (χ0) is 8.04. The second kappa shape index (κ2) is 3.94. The Labute approximate surface area is 58.3 Å². The molecule has 0 radical (unpaired) electrons. The van der Waals surface area contributed by atoms with Crippen molar-refractivity contribution in [1.29, 1.82) is 0 Å². The van der Waals surface area contributed by atoms with Gasteiger partial charge in [0.15, 0.2) is 0 Å². The second-order valence-electron chi connectivity index (χ2n) is 1.18. The monoisotopic (exact) mass is 163 g/mol. The topological polar surface area (TPSA) is 72.8 Å². The lowest BCUT2D eigenvalue weighted by atomic mass is 10.7. The zero-order valence-electron chi connectivity index (χ0n) is 4.98. The van der Waals surface area contributed by atoms with Gasteiger partial charge >= 0.3 is 10.3 Å². The minimum absolute atomic E-state index is 0.201. The fourth-order valence-electron chi connectivity index (χ4n) is 0.206. The Morgan fingerprint density at radius 3 is 2.70 bits per heavy atom. The van der Waals surface area contributed by atoms with Crippen LogP contribution >= 0.6 is 0 Å². The highest BCUT2D eigenvalue weighted by molar-refractivity contribution is 7.85. The first-order valence-corrected chi connectivity index (χ1v) is 3.58. The fourth-order valence-corrected chi connectivity index (χ4v) is 0.618. The Kier molecular flexibility index (Phi) is 3.56. The highest BCUT2D eigenvalue weighted by Gasteiger charge is 2.04. The predicted octanol–water partition coefficient (Wildman–Crippen LogP) is -0.230. The van der Waals surface area contributed by atoms with E-state index in [2.05, 4.69) is 15.2 Å². The molecule has 0 bridgehead atoms. The summed E-state index contributed by atoms with van der Waals surface area (Å²) in [5.41, 5.74) is 0. The van der Waals surface area contributed by atoms with Crippen molar-refractivity contribution in [2.75, 3.05) is 6.61 Å². The highest BCUT2D eigenvalue weighted by Crippen LogP contribution is 1.91. The maximum absolute atomic E-state index is 10.3. The van der Waals surface area contributed by atoms with Gasteiger partial charge in [0.1, 0.15) is 0 Å². The normalized spacial score (nSPS) is 10.0. The van der Waals surface area contributed by atoms with Gasteiger partial charge in [-0.05, 0) is 0 Å². The average molecular weight is 163 g/mol. The largest absolute Gasteiger partial charge is 0.391 e. The van der Waals surface area contributed by atoms with Crippen LogP contribution in [0.25, 0.3) is 0 Å². The van der Waals surface area contributed by atoms with Gasteiger partial charge in [-0.15, -0.1) is 6.58 Å². The summed E-state index contributed by atoms with van der Waals surface area (Å²) in [4.78, 5) is 9.41. The predicted molar refractivity (Wildman–Crippen MR) is 33.2 cm³/mol. The molecular weight excluding hydrogens is 158 g/mol. The van der Waals surface area contributed by atoms with Crippen molar-refractivity contribution in [2.45, 2.75) is 0 Å². The van der Waals surface area contributed by atoms with Crippen LogP contribution in [0.1, 0.15) is 0 Å². The van der Waals surface area contributed by atoms with Crippen LogP contribution in [-0.4, -0.2) is 21.1 Å². The van der Waals surface area contributed by atoms with Crippen LogP contribution in [0.4, 0.5) is 0 Å². The Balaban J connectivity index is 4.14. The van der Waals surface area contributed by atoms with Gasteiger partial charge in [-0.3, -0.25) is 0 Å². The van der Waals surface area contributed by atoms with E-state index in [1.54, 1.807) is 0 Å². The summed E-state index contributed by atoms with van der Waals surface area (Å²) >= 11 is 0. The van der Waals surface area contributed by atoms with E-state index in [0.29, 0.717) is 0 Å². The second-order valence-corrected chi connectivity index (χ2v) is 2.46. The lowest BCUT2D eigenvalue weighted by molar-refractivity contribution is 0.358. The quantitative estimate of drug-likeness (QED) is 0.326. The number of isocyanates is 1. The molecule has 0 saturated carbocycles. The van der Waals surface area contributed by atoms with Gasteiger partial charge in [0.25, 0.3) is 6.08 Å². The minimum atomic E-state index is -4.06. The molecule has 10 heavy (non-hydrogen) atoms. The molecule has 0 aromatic rings. The molecule has 0 saturated heterocycles. The Morgan fingerprint density at radius 2 is 2.30 bits per heavy atom. The van der Waals surface area contributed by atoms with Crippen molar-refractivity contribution in [3.63, 3.8) is 0 Å². The summed E-state index contributed by atoms with van der Waals surface area (Å²) in [5, 5.41) is 0. The van der Waals surface area contributed by atoms with Gasteiger partial charge in [0.2, 0.25) is 0 Å². The van der Waals surface area contributed by atoms with E-state index < -0.39 is 10.3 Å². The fraction of sp³-hybridized carbons (Fsp3) is 0.250. The molecule has 0 fully saturated rings. The summed E-state index contributed by atoms with van der Waals surface area (Å²) in [5.74, 6) is 0. The minimum Gasteiger partial charge on any atom is -0.248 e. The Morgan fingerprint density at radius 1 is 1.70 bits per heavy atom. The number of hydrogen-bond acceptors (Lipinski definition) is 4. The molecule has 0 heterocycles. The smallest absolute Gasteiger partial charge is 0.248 e. The third kappa shape index (κ3) is 3.96. The van der Waals surface area contributed by atoms with Gasteiger partial charge in [0, 0.05) is 0 Å². The highest BCUT2D eigenvalue weighted by atomic mass is 32.2. The van der Waals surface area contributed by atoms with Crippen molar-refractivity contribution in [1.82, 2.24) is 0 Å². The van der Waals surface area contributed by atoms with E-state index in [1.165, 1.54) is 6.08 Å². The van der Waals surface area contributed by atoms with E-state index in [4.69, 9.17) is 0 Å². The van der Waals surface area contributed by atoms with Crippen LogP contribution < -0.4 is 0 Å². The molecule has 0 aromatic heterocycles. The molecule has 0 rings (SSSR count). The molecule has 0 amide bonds. The van der Waals surface area contributed by atoms with Crippen molar-refractivity contribution < 1.29 is 17.4 Å². The van der Waals surface area contributed by atoms with Gasteiger partial charge < -0.3 is 0 Å². The molecule has 0 aromatic carbocycles. The van der Waals surface area contributed by atoms with E-state index in [-0.39, 0.29) is 6.61 Å². The first kappa shape index (κ1) is 9.03. The Bertz CT molecular complexity index is 248. The molecule has 0 spiro atoms. The zero-order valence-corrected chi connectivity index (χ0v) is 5.80. The van der Waals surface area contributed by atoms with Crippen molar-refractivity contribution >= 4 is 16.4 Å². The lowest BCUT2D eigenvalue weighted by Gasteiger charge is -1.90. The summed E-state index contributed by atoms with van der Waals surface area (Å²) in [6, 6.07) is 0. The lowest BCUT2D eigenvalue weighted by Crippen LogP contribution is -2.00. The molecule has 0 aliphatic carbocycles. The van der Waals surface area contributed by atoms with Gasteiger partial charge in [-0.25, -0.2) is 8.98 Å². The van der Waals surface area contributed by atoms with Crippen LogP contribution in [0.2, 0.25) is 0 Å². The van der Waals surface area contributed by atoms with Gasteiger partial charge in [0.05, 0.1) is 6.61 Å². The molecule has 56 valence electrons. The van der Waals surface area contributed by atoms with Crippen LogP contribution in [-0.2, 0) is 19.3 Å². The molecule has 0 unspecified atom stereocenters. The number of nitrogens with zero attached hydrogens (tertiary/aromatic N) is 1. The average Bonchev–Trinajstić information content (AvgIpc) is 1.84. The van der Waals surface area contributed by atoms with E-state index in [1.807, 2.05) is 0 Å². The summed E-state index contributed by atoms with van der Waals surface area (Å²) in [7, 11) is -4.06. The molecule has 5 nitrogen and oxygen atoms in total. The molecule has 6 heteroatoms. The third-order valence-electron chi connectivity index (χ3n) is 0.484. The van der Waals surface area contributed by atoms with Crippen LogP contribution in [0.15, 0.2) is 17.1 Å². The van der Waals surface area contributed by atoms with Crippen LogP contribution in [0.5, 0.6) is 0 Å². The van der Waals surface area contributed by atoms with Crippen molar-refractivity contribution in [2.24, 2.45) is 4.40 Å². The molecule has 0 N–H and O–H groups in total. The summed E-state index contributed by atoms with van der Waals surface area (Å²) in [6.45, 7) is 2.99. The Hall–Kier alpha value is -0.970. The third-order valence-corrected chi connectivity index (χ3v) is 1.22. The van der Waals surface area contributed by atoms with Gasteiger partial charge in [-0.2, -0.15) is 8.42 Å². The van der Waals surface area contributed by atoms with Crippen molar-refractivity contribution in [3.05, 3.63) is 12.7 Å². The molecule has 0 aliphatic heterocycles. The number of rotatable bonds is 4. The first-order valence-electron chi connectivity index (χ1n) is 2.22. The van der Waals surface area contributed by atoms with Gasteiger partial charge in [-0.1, -0.05) is 10.5 Å². The maximum atomic E-state index is 10.3. The number of hydrogen-bond donors (Lipinski definition) is 0. The molecule has 0 atom stereocenters. The van der Waals surface area contributed by atoms with Crippen molar-refractivity contribution in [3.8, 4) is 0 Å². The van der Waals surface area contributed by atoms with E-state index in [0.717, 1.165) is 6.08 Å². The molecular formula is C4H5NO4S. The SMILES string of the molecule is C=CCOS(=O)(=O)N=C=O. The van der Waals surface area contributed by atoms with Crippen LogP contribution in [0.3, 0.4) is 0 Å². The van der Waals surface area contributed by atoms with E-state index in [9.17, 15) is 13.2 Å². The van der Waals surface area contributed by atoms with E-state index >= 15 is 0 Å². The molecule has 0 aliphatic rings. The summed E-state index contributed by atoms with van der Waals surface area (Å²) < 4.78 is 27.0. The summed E-state index contributed by atoms with van der Waals surface area (Å²) in [6.07, 6.45) is 2.06.